The van der Waals surface area contributed by atoms with Crippen molar-refractivity contribution < 1.29 is 13.5 Å². The standard InChI is InChI=1S/C18H19ClF2N2O2/c19-17-16(18(24)23-8-4-3-7-22(17)23)12-9-15(14(21)10-13(12)20)25-11-5-1-2-6-11/h9-11H,1-8H2. The molecule has 0 N–H and O–H groups in total. The lowest BCUT2D eigenvalue weighted by Gasteiger charge is -2.17. The van der Waals surface area contributed by atoms with Gasteiger partial charge in [-0.3, -0.25) is 9.48 Å². The summed E-state index contributed by atoms with van der Waals surface area (Å²) >= 11 is 6.36. The highest BCUT2D eigenvalue weighted by molar-refractivity contribution is 6.32. The van der Waals surface area contributed by atoms with Crippen molar-refractivity contribution in [3.8, 4) is 16.9 Å². The third kappa shape index (κ3) is 2.86. The van der Waals surface area contributed by atoms with Crippen molar-refractivity contribution >= 4 is 11.6 Å². The monoisotopic (exact) mass is 368 g/mol. The second-order valence-corrected chi connectivity index (χ2v) is 7.07. The van der Waals surface area contributed by atoms with E-state index in [1.807, 2.05) is 0 Å². The van der Waals surface area contributed by atoms with E-state index in [0.717, 1.165) is 44.6 Å². The molecular weight excluding hydrogens is 350 g/mol. The van der Waals surface area contributed by atoms with Crippen molar-refractivity contribution in [1.29, 1.82) is 0 Å². The summed E-state index contributed by atoms with van der Waals surface area (Å²) in [7, 11) is 0. The molecule has 2 aromatic rings. The molecule has 7 heteroatoms. The maximum Gasteiger partial charge on any atom is 0.276 e. The molecule has 2 aliphatic rings. The molecule has 2 heterocycles. The highest BCUT2D eigenvalue weighted by Gasteiger charge is 2.26. The van der Waals surface area contributed by atoms with Gasteiger partial charge in [0.25, 0.3) is 5.56 Å². The normalized spacial score (nSPS) is 17.7. The minimum atomic E-state index is -0.807. The lowest BCUT2D eigenvalue weighted by atomic mass is 10.1. The van der Waals surface area contributed by atoms with Crippen molar-refractivity contribution in [2.75, 3.05) is 0 Å². The number of benzene rings is 1. The summed E-state index contributed by atoms with van der Waals surface area (Å²) in [6.07, 6.45) is 5.52. The predicted octanol–water partition coefficient (Wildman–Crippen LogP) is 4.36. The first-order valence-electron chi connectivity index (χ1n) is 8.71. The summed E-state index contributed by atoms with van der Waals surface area (Å²) in [6.45, 7) is 1.16. The predicted molar refractivity (Wildman–Crippen MR) is 91.2 cm³/mol. The van der Waals surface area contributed by atoms with E-state index in [2.05, 4.69) is 0 Å². The van der Waals surface area contributed by atoms with E-state index < -0.39 is 11.6 Å². The minimum absolute atomic E-state index is 0.00111. The topological polar surface area (TPSA) is 36.2 Å². The van der Waals surface area contributed by atoms with Gasteiger partial charge < -0.3 is 4.74 Å². The number of nitrogens with zero attached hydrogens (tertiary/aromatic N) is 2. The highest BCUT2D eigenvalue weighted by Crippen LogP contribution is 2.34. The Morgan fingerprint density at radius 1 is 1.00 bits per heavy atom. The Hall–Kier alpha value is -1.82. The molecule has 0 atom stereocenters. The van der Waals surface area contributed by atoms with Gasteiger partial charge in [-0.2, -0.15) is 0 Å². The van der Waals surface area contributed by atoms with Crippen LogP contribution >= 0.6 is 11.6 Å². The number of rotatable bonds is 3. The lowest BCUT2D eigenvalue weighted by molar-refractivity contribution is 0.200. The van der Waals surface area contributed by atoms with Crippen molar-refractivity contribution in [3.05, 3.63) is 39.3 Å². The third-order valence-corrected chi connectivity index (χ3v) is 5.43. The van der Waals surface area contributed by atoms with Crippen molar-refractivity contribution in [2.45, 2.75) is 57.7 Å². The molecule has 0 radical (unpaired) electrons. The maximum atomic E-state index is 14.4. The average molecular weight is 369 g/mol. The van der Waals surface area contributed by atoms with Gasteiger partial charge in [-0.1, -0.05) is 11.6 Å². The summed E-state index contributed by atoms with van der Waals surface area (Å²) in [6, 6.07) is 2.05. The van der Waals surface area contributed by atoms with Crippen LogP contribution in [0.3, 0.4) is 0 Å². The number of ether oxygens (including phenoxy) is 1. The SMILES string of the molecule is O=c1c(-c2cc(OC3CCCC3)c(F)cc2F)c(Cl)n2n1CCCC2. The number of aromatic nitrogens is 2. The van der Waals surface area contributed by atoms with Gasteiger partial charge in [0, 0.05) is 24.7 Å². The van der Waals surface area contributed by atoms with E-state index in [1.165, 1.54) is 10.7 Å². The molecule has 0 bridgehead atoms. The van der Waals surface area contributed by atoms with Gasteiger partial charge in [0.15, 0.2) is 11.6 Å². The van der Waals surface area contributed by atoms with Crippen LogP contribution < -0.4 is 10.3 Å². The summed E-state index contributed by atoms with van der Waals surface area (Å²) < 4.78 is 37.5. The number of hydrogen-bond acceptors (Lipinski definition) is 2. The van der Waals surface area contributed by atoms with E-state index in [1.54, 1.807) is 4.68 Å². The second-order valence-electron chi connectivity index (χ2n) is 6.71. The zero-order valence-electron chi connectivity index (χ0n) is 13.7. The summed E-state index contributed by atoms with van der Waals surface area (Å²) in [5, 5.41) is 0.196. The number of halogens is 3. The Kier molecular flexibility index (Phi) is 4.31. The van der Waals surface area contributed by atoms with Gasteiger partial charge in [-0.25, -0.2) is 13.5 Å². The zero-order chi connectivity index (χ0) is 17.6. The molecule has 0 amide bonds. The molecule has 0 saturated heterocycles. The van der Waals surface area contributed by atoms with E-state index in [0.29, 0.717) is 13.1 Å². The smallest absolute Gasteiger partial charge is 0.276 e. The van der Waals surface area contributed by atoms with Crippen LogP contribution in [-0.4, -0.2) is 15.5 Å². The summed E-state index contributed by atoms with van der Waals surface area (Å²) in [5.41, 5.74) is -0.266. The lowest BCUT2D eigenvalue weighted by Crippen LogP contribution is -2.27. The zero-order valence-corrected chi connectivity index (χ0v) is 14.5. The Labute approximate surface area is 148 Å². The van der Waals surface area contributed by atoms with Crippen LogP contribution in [0, 0.1) is 11.6 Å². The van der Waals surface area contributed by atoms with Crippen LogP contribution in [0.2, 0.25) is 5.15 Å². The van der Waals surface area contributed by atoms with Gasteiger partial charge in [-0.05, 0) is 44.6 Å². The molecule has 134 valence electrons. The second kappa shape index (κ2) is 6.48. The summed E-state index contributed by atoms with van der Waals surface area (Å²) in [5.74, 6) is -1.58. The highest BCUT2D eigenvalue weighted by atomic mass is 35.5. The molecular formula is C18H19ClF2N2O2. The fourth-order valence-electron chi connectivity index (χ4n) is 3.75. The first-order chi connectivity index (χ1) is 12.1. The van der Waals surface area contributed by atoms with Crippen LogP contribution in [0.25, 0.3) is 11.1 Å². The van der Waals surface area contributed by atoms with Gasteiger partial charge in [0.2, 0.25) is 0 Å². The molecule has 1 fully saturated rings. The van der Waals surface area contributed by atoms with Crippen LogP contribution in [0.1, 0.15) is 38.5 Å². The van der Waals surface area contributed by atoms with Gasteiger partial charge in [0.05, 0.1) is 11.7 Å². The Balaban J connectivity index is 1.80. The van der Waals surface area contributed by atoms with Gasteiger partial charge >= 0.3 is 0 Å². The molecule has 0 spiro atoms. The van der Waals surface area contributed by atoms with Gasteiger partial charge in [0.1, 0.15) is 11.0 Å². The number of fused-ring (bicyclic) bond motifs is 1. The van der Waals surface area contributed by atoms with Gasteiger partial charge in [-0.15, -0.1) is 0 Å². The van der Waals surface area contributed by atoms with Crippen molar-refractivity contribution in [3.63, 3.8) is 0 Å². The molecule has 4 nitrogen and oxygen atoms in total. The molecule has 1 aromatic carbocycles. The molecule has 1 aliphatic heterocycles. The molecule has 4 rings (SSSR count). The van der Waals surface area contributed by atoms with Crippen molar-refractivity contribution in [1.82, 2.24) is 9.36 Å². The summed E-state index contributed by atoms with van der Waals surface area (Å²) in [4.78, 5) is 12.7. The molecule has 0 unspecified atom stereocenters. The first-order valence-corrected chi connectivity index (χ1v) is 9.09. The largest absolute Gasteiger partial charge is 0.487 e. The Morgan fingerprint density at radius 3 is 2.36 bits per heavy atom. The molecule has 1 aromatic heterocycles. The van der Waals surface area contributed by atoms with Crippen LogP contribution in [-0.2, 0) is 13.1 Å². The number of hydrogen-bond donors (Lipinski definition) is 0. The fraction of sp³-hybridized carbons (Fsp3) is 0.500. The molecule has 25 heavy (non-hydrogen) atoms. The Bertz CT molecular complexity index is 869. The Morgan fingerprint density at radius 2 is 1.68 bits per heavy atom. The third-order valence-electron chi connectivity index (χ3n) is 5.05. The minimum Gasteiger partial charge on any atom is -0.487 e. The van der Waals surface area contributed by atoms with E-state index >= 15 is 0 Å². The van der Waals surface area contributed by atoms with E-state index in [9.17, 15) is 13.6 Å². The van der Waals surface area contributed by atoms with Crippen LogP contribution in [0.5, 0.6) is 5.75 Å². The fourth-order valence-corrected chi connectivity index (χ4v) is 4.11. The quantitative estimate of drug-likeness (QED) is 0.806. The molecule has 1 saturated carbocycles. The van der Waals surface area contributed by atoms with E-state index in [4.69, 9.17) is 16.3 Å². The molecule has 1 aliphatic carbocycles. The van der Waals surface area contributed by atoms with Crippen LogP contribution in [0.15, 0.2) is 16.9 Å². The van der Waals surface area contributed by atoms with Crippen molar-refractivity contribution in [2.24, 2.45) is 0 Å². The van der Waals surface area contributed by atoms with Crippen LogP contribution in [0.4, 0.5) is 8.78 Å². The first kappa shape index (κ1) is 16.6. The maximum absolute atomic E-state index is 14.4. The van der Waals surface area contributed by atoms with E-state index in [-0.39, 0.29) is 33.7 Å². The average Bonchev–Trinajstić information content (AvgIpc) is 3.19.